The van der Waals surface area contributed by atoms with Crippen LogP contribution in [0.4, 0.5) is 0 Å². The lowest BCUT2D eigenvalue weighted by atomic mass is 10.1. The molecule has 0 saturated carbocycles. The number of rotatable bonds is 9. The van der Waals surface area contributed by atoms with Crippen LogP contribution in [-0.4, -0.2) is 43.5 Å². The fraction of sp³-hybridized carbons (Fsp3) is 0.381. The van der Waals surface area contributed by atoms with Crippen LogP contribution >= 0.6 is 0 Å². The minimum atomic E-state index is -0.504. The molecule has 30 heavy (non-hydrogen) atoms. The molecule has 3 N–H and O–H groups in total. The van der Waals surface area contributed by atoms with Crippen LogP contribution in [-0.2, 0) is 22.6 Å². The van der Waals surface area contributed by atoms with E-state index >= 15 is 0 Å². The van der Waals surface area contributed by atoms with Crippen molar-refractivity contribution in [3.8, 4) is 11.5 Å². The summed E-state index contributed by atoms with van der Waals surface area (Å²) in [5, 5.41) is 7.61. The molecule has 2 aromatic rings. The van der Waals surface area contributed by atoms with Gasteiger partial charge in [0.05, 0.1) is 26.0 Å². The van der Waals surface area contributed by atoms with Gasteiger partial charge < -0.3 is 29.8 Å². The number of carbonyl (C=O) groups is 3. The molecule has 0 saturated heterocycles. The van der Waals surface area contributed by atoms with E-state index < -0.39 is 11.8 Å². The lowest BCUT2D eigenvalue weighted by Crippen LogP contribution is -2.41. The number of ether oxygens (including phenoxy) is 2. The molecule has 0 fully saturated rings. The monoisotopic (exact) mass is 415 g/mol. The Morgan fingerprint density at radius 1 is 1.13 bits per heavy atom. The second-order valence-corrected chi connectivity index (χ2v) is 6.85. The normalized spacial score (nSPS) is 14.4. The fourth-order valence-electron chi connectivity index (χ4n) is 3.06. The zero-order chi connectivity index (χ0) is 21.5. The van der Waals surface area contributed by atoms with E-state index in [0.717, 1.165) is 23.3 Å². The van der Waals surface area contributed by atoms with Gasteiger partial charge in [-0.2, -0.15) is 0 Å². The first-order valence-electron chi connectivity index (χ1n) is 9.76. The number of hydrogen-bond donors (Lipinski definition) is 3. The Morgan fingerprint density at radius 3 is 2.63 bits per heavy atom. The lowest BCUT2D eigenvalue weighted by molar-refractivity contribution is -0.125. The number of amides is 3. The van der Waals surface area contributed by atoms with Crippen molar-refractivity contribution in [1.82, 2.24) is 16.0 Å². The Bertz CT molecular complexity index is 910. The molecule has 1 aliphatic rings. The van der Waals surface area contributed by atoms with Gasteiger partial charge in [0.15, 0.2) is 5.76 Å². The van der Waals surface area contributed by atoms with Crippen molar-refractivity contribution in [2.45, 2.75) is 32.9 Å². The van der Waals surface area contributed by atoms with Gasteiger partial charge in [-0.1, -0.05) is 0 Å². The van der Waals surface area contributed by atoms with Crippen LogP contribution in [0.3, 0.4) is 0 Å². The Labute approximate surface area is 174 Å². The summed E-state index contributed by atoms with van der Waals surface area (Å²) in [7, 11) is 0. The first kappa shape index (κ1) is 21.2. The average molecular weight is 415 g/mol. The van der Waals surface area contributed by atoms with Crippen LogP contribution in [0.15, 0.2) is 34.9 Å². The summed E-state index contributed by atoms with van der Waals surface area (Å²) in [6, 6.07) is 6.89. The molecular weight excluding hydrogens is 390 g/mol. The van der Waals surface area contributed by atoms with Gasteiger partial charge in [-0.3, -0.25) is 14.4 Å². The minimum absolute atomic E-state index is 0.110. The number of hydrogen-bond acceptors (Lipinski definition) is 6. The second-order valence-electron chi connectivity index (χ2n) is 6.85. The molecule has 160 valence electrons. The highest BCUT2D eigenvalue weighted by Gasteiger charge is 2.22. The highest BCUT2D eigenvalue weighted by atomic mass is 16.5. The number of benzene rings is 1. The van der Waals surface area contributed by atoms with Crippen LogP contribution in [0.25, 0.3) is 0 Å². The van der Waals surface area contributed by atoms with Crippen LogP contribution in [0.1, 0.15) is 35.5 Å². The highest BCUT2D eigenvalue weighted by Crippen LogP contribution is 2.35. The average Bonchev–Trinajstić information content (AvgIpc) is 3.37. The van der Waals surface area contributed by atoms with E-state index in [1.165, 1.54) is 12.3 Å². The van der Waals surface area contributed by atoms with Crippen LogP contribution in [0, 0.1) is 0 Å². The van der Waals surface area contributed by atoms with Gasteiger partial charge in [-0.05, 0) is 38.1 Å². The number of furan rings is 1. The molecule has 0 spiro atoms. The molecule has 0 aliphatic carbocycles. The molecule has 0 bridgehead atoms. The van der Waals surface area contributed by atoms with Gasteiger partial charge in [0.2, 0.25) is 11.8 Å². The van der Waals surface area contributed by atoms with Crippen molar-refractivity contribution in [2.75, 3.05) is 19.7 Å². The van der Waals surface area contributed by atoms with E-state index in [2.05, 4.69) is 16.0 Å². The summed E-state index contributed by atoms with van der Waals surface area (Å²) < 4.78 is 16.4. The zero-order valence-electron chi connectivity index (χ0n) is 16.9. The van der Waals surface area contributed by atoms with E-state index in [1.54, 1.807) is 6.07 Å². The smallest absolute Gasteiger partial charge is 0.287 e. The molecule has 9 heteroatoms. The quantitative estimate of drug-likeness (QED) is 0.566. The van der Waals surface area contributed by atoms with Crippen LogP contribution < -0.4 is 25.4 Å². The second kappa shape index (κ2) is 9.82. The summed E-state index contributed by atoms with van der Waals surface area (Å²) in [4.78, 5) is 35.6. The van der Waals surface area contributed by atoms with Gasteiger partial charge in [0.25, 0.3) is 5.91 Å². The zero-order valence-corrected chi connectivity index (χ0v) is 16.9. The van der Waals surface area contributed by atoms with Gasteiger partial charge >= 0.3 is 0 Å². The van der Waals surface area contributed by atoms with Crippen molar-refractivity contribution in [1.29, 1.82) is 0 Å². The Morgan fingerprint density at radius 2 is 1.90 bits per heavy atom. The van der Waals surface area contributed by atoms with E-state index in [-0.39, 0.29) is 37.4 Å². The van der Waals surface area contributed by atoms with Gasteiger partial charge in [0.1, 0.15) is 17.6 Å². The lowest BCUT2D eigenvalue weighted by Gasteiger charge is -2.13. The third-order valence-electron chi connectivity index (χ3n) is 4.46. The molecule has 1 aromatic carbocycles. The molecule has 0 radical (unpaired) electrons. The van der Waals surface area contributed by atoms with Crippen molar-refractivity contribution >= 4 is 17.7 Å². The summed E-state index contributed by atoms with van der Waals surface area (Å²) in [6.45, 7) is 4.18. The first-order chi connectivity index (χ1) is 14.5. The molecular formula is C21H25N3O6. The molecule has 2 heterocycles. The van der Waals surface area contributed by atoms with Crippen molar-refractivity contribution < 1.29 is 28.3 Å². The third kappa shape index (κ3) is 5.53. The Hall–Kier alpha value is -3.49. The van der Waals surface area contributed by atoms with E-state index in [9.17, 15) is 14.4 Å². The highest BCUT2D eigenvalue weighted by molar-refractivity contribution is 5.94. The van der Waals surface area contributed by atoms with Gasteiger partial charge in [0, 0.05) is 24.1 Å². The summed E-state index contributed by atoms with van der Waals surface area (Å²) in [6.07, 6.45) is 2.30. The summed E-state index contributed by atoms with van der Waals surface area (Å²) in [5.74, 6) is 0.266. The maximum absolute atomic E-state index is 12.1. The molecule has 3 rings (SSSR count). The number of carbonyl (C=O) groups excluding carboxylic acids is 3. The third-order valence-corrected chi connectivity index (χ3v) is 4.46. The largest absolute Gasteiger partial charge is 0.494 e. The predicted octanol–water partition coefficient (Wildman–Crippen LogP) is 1.16. The predicted molar refractivity (Wildman–Crippen MR) is 107 cm³/mol. The minimum Gasteiger partial charge on any atom is -0.494 e. The van der Waals surface area contributed by atoms with Crippen molar-refractivity contribution in [3.05, 3.63) is 47.4 Å². The van der Waals surface area contributed by atoms with Gasteiger partial charge in [-0.25, -0.2) is 0 Å². The van der Waals surface area contributed by atoms with Crippen molar-refractivity contribution in [3.63, 3.8) is 0 Å². The summed E-state index contributed by atoms with van der Waals surface area (Å²) >= 11 is 0. The van der Waals surface area contributed by atoms with Crippen LogP contribution in [0.2, 0.25) is 0 Å². The standard InChI is InChI=1S/C21H25N3O6/c1-3-28-17-8-14-7-13(2)30-18(14)9-15(17)10-22-19(25)11-23-20(26)12-24-21(27)16-5-4-6-29-16/h4-6,8-9,13H,3,7,10-12H2,1-2H3,(H,22,25)(H,23,26)(H,24,27)/t13-/m0/s1. The van der Waals surface area contributed by atoms with E-state index in [0.29, 0.717) is 12.4 Å². The fourth-order valence-corrected chi connectivity index (χ4v) is 3.06. The molecule has 1 aliphatic heterocycles. The molecule has 1 atom stereocenters. The number of nitrogens with one attached hydrogen (secondary N) is 3. The number of fused-ring (bicyclic) bond motifs is 1. The van der Waals surface area contributed by atoms with E-state index in [1.807, 2.05) is 26.0 Å². The molecule has 9 nitrogen and oxygen atoms in total. The molecule has 0 unspecified atom stereocenters. The topological polar surface area (TPSA) is 119 Å². The molecule has 1 aromatic heterocycles. The van der Waals surface area contributed by atoms with E-state index in [4.69, 9.17) is 13.9 Å². The van der Waals surface area contributed by atoms with Gasteiger partial charge in [-0.15, -0.1) is 0 Å². The Balaban J connectivity index is 1.45. The SMILES string of the molecule is CCOc1cc2c(cc1CNC(=O)CNC(=O)CNC(=O)c1ccco1)O[C@@H](C)C2. The summed E-state index contributed by atoms with van der Waals surface area (Å²) in [5.41, 5.74) is 1.89. The van der Waals surface area contributed by atoms with Crippen LogP contribution in [0.5, 0.6) is 11.5 Å². The first-order valence-corrected chi connectivity index (χ1v) is 9.76. The molecule has 3 amide bonds. The Kier molecular flexibility index (Phi) is 6.95. The maximum atomic E-state index is 12.1. The van der Waals surface area contributed by atoms with Crippen molar-refractivity contribution in [2.24, 2.45) is 0 Å². The maximum Gasteiger partial charge on any atom is 0.287 e.